The lowest BCUT2D eigenvalue weighted by Crippen LogP contribution is -2.38. The Morgan fingerprint density at radius 2 is 2.00 bits per heavy atom. The molecule has 0 aliphatic heterocycles. The summed E-state index contributed by atoms with van der Waals surface area (Å²) < 4.78 is 23.5. The summed E-state index contributed by atoms with van der Waals surface area (Å²) in [5.41, 5.74) is 0.338. The van der Waals surface area contributed by atoms with Crippen LogP contribution in [-0.2, 0) is 9.05 Å². The van der Waals surface area contributed by atoms with Crippen molar-refractivity contribution in [3.05, 3.63) is 28.2 Å². The van der Waals surface area contributed by atoms with Crippen LogP contribution in [0.15, 0.2) is 27.6 Å². The van der Waals surface area contributed by atoms with Gasteiger partial charge in [0.25, 0.3) is 15.0 Å². The molecule has 0 atom stereocenters. The van der Waals surface area contributed by atoms with Gasteiger partial charge in [-0.05, 0) is 53.9 Å². The van der Waals surface area contributed by atoms with E-state index in [9.17, 15) is 13.2 Å². The Bertz CT molecular complexity index is 642. The summed E-state index contributed by atoms with van der Waals surface area (Å²) in [6.45, 7) is 2.54. The summed E-state index contributed by atoms with van der Waals surface area (Å²) in [6.07, 6.45) is 4.27. The Morgan fingerprint density at radius 1 is 1.38 bits per heavy atom. The molecule has 21 heavy (non-hydrogen) atoms. The fourth-order valence-corrected chi connectivity index (χ4v) is 3.95. The third kappa shape index (κ3) is 3.79. The number of amides is 1. The maximum absolute atomic E-state index is 12.7. The molecule has 0 heterocycles. The van der Waals surface area contributed by atoms with Gasteiger partial charge in [-0.2, -0.15) is 0 Å². The molecule has 1 saturated carbocycles. The molecule has 0 radical (unpaired) electrons. The van der Waals surface area contributed by atoms with Gasteiger partial charge in [0.1, 0.15) is 0 Å². The molecule has 0 aromatic heterocycles. The second kappa shape index (κ2) is 6.67. The summed E-state index contributed by atoms with van der Waals surface area (Å²) in [4.78, 5) is 14.5. The first kappa shape index (κ1) is 16.8. The molecular weight excluding hydrogens is 378 g/mol. The van der Waals surface area contributed by atoms with E-state index in [0.29, 0.717) is 16.6 Å². The van der Waals surface area contributed by atoms with Crippen LogP contribution in [0.5, 0.6) is 0 Å². The highest BCUT2D eigenvalue weighted by atomic mass is 79.9. The molecule has 0 bridgehead atoms. The number of carbonyl (C=O) groups is 1. The number of halogens is 2. The smallest absolute Gasteiger partial charge is 0.261 e. The molecule has 1 aliphatic carbocycles. The van der Waals surface area contributed by atoms with Crippen LogP contribution < -0.4 is 0 Å². The number of hydrogen-bond acceptors (Lipinski definition) is 3. The summed E-state index contributed by atoms with van der Waals surface area (Å²) in [5, 5.41) is 0. The number of rotatable bonds is 4. The van der Waals surface area contributed by atoms with Crippen LogP contribution in [0.3, 0.4) is 0 Å². The molecule has 1 amide bonds. The molecule has 1 aliphatic rings. The Hall–Kier alpha value is -0.590. The van der Waals surface area contributed by atoms with Crippen molar-refractivity contribution in [2.24, 2.45) is 0 Å². The minimum atomic E-state index is -3.85. The van der Waals surface area contributed by atoms with Gasteiger partial charge in [0.2, 0.25) is 0 Å². The quantitative estimate of drug-likeness (QED) is 0.730. The molecule has 2 rings (SSSR count). The predicted molar refractivity (Wildman–Crippen MR) is 86.1 cm³/mol. The van der Waals surface area contributed by atoms with Gasteiger partial charge in [-0.15, -0.1) is 0 Å². The number of hydrogen-bond donors (Lipinski definition) is 0. The topological polar surface area (TPSA) is 54.5 Å². The lowest BCUT2D eigenvalue weighted by atomic mass is 10.1. The monoisotopic (exact) mass is 393 g/mol. The molecule has 1 aromatic carbocycles. The second-order valence-electron chi connectivity index (χ2n) is 5.11. The zero-order chi connectivity index (χ0) is 15.6. The first-order chi connectivity index (χ1) is 9.84. The summed E-state index contributed by atoms with van der Waals surface area (Å²) in [6, 6.07) is 4.51. The maximum Gasteiger partial charge on any atom is 0.261 e. The van der Waals surface area contributed by atoms with Crippen LogP contribution in [0.1, 0.15) is 43.0 Å². The molecular formula is C14H17BrClNO3S. The maximum atomic E-state index is 12.7. The summed E-state index contributed by atoms with van der Waals surface area (Å²) >= 11 is 3.32. The van der Waals surface area contributed by atoms with Gasteiger partial charge in [-0.3, -0.25) is 4.79 Å². The van der Waals surface area contributed by atoms with Crippen LogP contribution in [0.25, 0.3) is 0 Å². The number of benzene rings is 1. The number of carbonyl (C=O) groups excluding carboxylic acids is 1. The van der Waals surface area contributed by atoms with Crippen LogP contribution in [-0.4, -0.2) is 31.8 Å². The van der Waals surface area contributed by atoms with Gasteiger partial charge in [-0.1, -0.05) is 12.8 Å². The van der Waals surface area contributed by atoms with Crippen LogP contribution in [0.2, 0.25) is 0 Å². The van der Waals surface area contributed by atoms with Gasteiger partial charge >= 0.3 is 0 Å². The largest absolute Gasteiger partial charge is 0.336 e. The molecule has 1 aromatic rings. The van der Waals surface area contributed by atoms with Gasteiger partial charge in [0, 0.05) is 27.7 Å². The minimum Gasteiger partial charge on any atom is -0.336 e. The van der Waals surface area contributed by atoms with Crippen LogP contribution in [0, 0.1) is 0 Å². The van der Waals surface area contributed by atoms with Crippen molar-refractivity contribution >= 4 is 41.6 Å². The fraction of sp³-hybridized carbons (Fsp3) is 0.500. The molecule has 0 spiro atoms. The molecule has 4 nitrogen and oxygen atoms in total. The van der Waals surface area contributed by atoms with Crippen molar-refractivity contribution in [1.82, 2.24) is 4.90 Å². The average Bonchev–Trinajstić information content (AvgIpc) is 2.92. The fourth-order valence-electron chi connectivity index (χ4n) is 2.76. The Labute approximate surface area is 138 Å². The highest BCUT2D eigenvalue weighted by Crippen LogP contribution is 2.28. The average molecular weight is 395 g/mol. The first-order valence-corrected chi connectivity index (χ1v) is 10.00. The molecule has 116 valence electrons. The lowest BCUT2D eigenvalue weighted by molar-refractivity contribution is 0.0692. The summed E-state index contributed by atoms with van der Waals surface area (Å²) in [5.74, 6) is -0.154. The zero-order valence-corrected chi connectivity index (χ0v) is 14.8. The SMILES string of the molecule is CCN(C(=O)c1cc(S(=O)(=O)Cl)ccc1Br)C1CCCC1. The van der Waals surface area contributed by atoms with Gasteiger partial charge in [0.15, 0.2) is 0 Å². The Morgan fingerprint density at radius 3 is 2.52 bits per heavy atom. The molecule has 1 fully saturated rings. The van der Waals surface area contributed by atoms with Gasteiger partial charge < -0.3 is 4.90 Å². The third-order valence-electron chi connectivity index (χ3n) is 3.82. The first-order valence-electron chi connectivity index (χ1n) is 6.89. The van der Waals surface area contributed by atoms with Crippen molar-refractivity contribution in [2.45, 2.75) is 43.5 Å². The van der Waals surface area contributed by atoms with E-state index in [1.807, 2.05) is 11.8 Å². The number of nitrogens with zero attached hydrogens (tertiary/aromatic N) is 1. The minimum absolute atomic E-state index is 0.0572. The van der Waals surface area contributed by atoms with Crippen LogP contribution >= 0.6 is 26.6 Å². The van der Waals surface area contributed by atoms with E-state index in [-0.39, 0.29) is 16.8 Å². The highest BCUT2D eigenvalue weighted by Gasteiger charge is 2.28. The van der Waals surface area contributed by atoms with Gasteiger partial charge in [-0.25, -0.2) is 8.42 Å². The van der Waals surface area contributed by atoms with E-state index < -0.39 is 9.05 Å². The second-order valence-corrected chi connectivity index (χ2v) is 8.53. The van der Waals surface area contributed by atoms with Crippen molar-refractivity contribution in [1.29, 1.82) is 0 Å². The van der Waals surface area contributed by atoms with E-state index in [4.69, 9.17) is 10.7 Å². The Kier molecular flexibility index (Phi) is 5.33. The van der Waals surface area contributed by atoms with E-state index in [0.717, 1.165) is 25.7 Å². The van der Waals surface area contributed by atoms with Gasteiger partial charge in [0.05, 0.1) is 10.5 Å². The zero-order valence-electron chi connectivity index (χ0n) is 11.7. The van der Waals surface area contributed by atoms with Crippen LogP contribution in [0.4, 0.5) is 0 Å². The Balaban J connectivity index is 2.37. The summed E-state index contributed by atoms with van der Waals surface area (Å²) in [7, 11) is 1.51. The van der Waals surface area contributed by atoms with E-state index >= 15 is 0 Å². The normalized spacial score (nSPS) is 16.1. The molecule has 0 N–H and O–H groups in total. The van der Waals surface area contributed by atoms with Crippen molar-refractivity contribution in [3.8, 4) is 0 Å². The van der Waals surface area contributed by atoms with Crippen molar-refractivity contribution in [2.75, 3.05) is 6.54 Å². The standard InChI is InChI=1S/C14H17BrClNO3S/c1-2-17(10-5-3-4-6-10)14(18)12-9-11(21(16,19)20)7-8-13(12)15/h7-10H,2-6H2,1H3. The molecule has 7 heteroatoms. The van der Waals surface area contributed by atoms with E-state index in [1.54, 1.807) is 6.07 Å². The predicted octanol–water partition coefficient (Wildman–Crippen LogP) is 3.78. The molecule has 0 saturated heterocycles. The highest BCUT2D eigenvalue weighted by molar-refractivity contribution is 9.10. The molecule has 0 unspecified atom stereocenters. The van der Waals surface area contributed by atoms with Crippen molar-refractivity contribution < 1.29 is 13.2 Å². The van der Waals surface area contributed by atoms with E-state index in [1.165, 1.54) is 12.1 Å². The lowest BCUT2D eigenvalue weighted by Gasteiger charge is -2.28. The van der Waals surface area contributed by atoms with E-state index in [2.05, 4.69) is 15.9 Å². The van der Waals surface area contributed by atoms with Crippen molar-refractivity contribution in [3.63, 3.8) is 0 Å². The third-order valence-corrected chi connectivity index (χ3v) is 5.86.